The summed E-state index contributed by atoms with van der Waals surface area (Å²) >= 11 is 0. The molecule has 4 nitrogen and oxygen atoms in total. The summed E-state index contributed by atoms with van der Waals surface area (Å²) in [6.45, 7) is 9.92. The van der Waals surface area contributed by atoms with Gasteiger partial charge in [-0.3, -0.25) is 0 Å². The highest BCUT2D eigenvalue weighted by atomic mass is 16.5. The number of aromatic nitrogens is 1. The highest BCUT2D eigenvalue weighted by Gasteiger charge is 2.39. The van der Waals surface area contributed by atoms with Crippen LogP contribution < -0.4 is 5.46 Å². The van der Waals surface area contributed by atoms with Crippen LogP contribution in [-0.4, -0.2) is 33.0 Å². The lowest BCUT2D eigenvalue weighted by Crippen LogP contribution is -2.53. The molecule has 1 heterocycles. The number of hydrogen-bond donors (Lipinski definition) is 2. The number of hydrogen-bond acceptors (Lipinski definition) is 3. The van der Waals surface area contributed by atoms with Crippen molar-refractivity contribution >= 4 is 34.4 Å². The van der Waals surface area contributed by atoms with Crippen LogP contribution in [0.15, 0.2) is 42.5 Å². The van der Waals surface area contributed by atoms with Gasteiger partial charge in [0, 0.05) is 28.4 Å². The van der Waals surface area contributed by atoms with Crippen LogP contribution in [-0.2, 0) is 11.2 Å². The number of rotatable bonds is 5. The molecule has 0 bridgehead atoms. The van der Waals surface area contributed by atoms with Gasteiger partial charge in [0.1, 0.15) is 0 Å². The molecule has 3 aromatic rings. The monoisotopic (exact) mass is 339 g/mol. The van der Waals surface area contributed by atoms with Crippen LogP contribution in [0.3, 0.4) is 0 Å². The Bertz CT molecular complexity index is 908. The predicted molar refractivity (Wildman–Crippen MR) is 104 cm³/mol. The summed E-state index contributed by atoms with van der Waals surface area (Å²) in [6.07, 6.45) is 0. The first kappa shape index (κ1) is 18.0. The fourth-order valence-electron chi connectivity index (χ4n) is 3.06. The second-order valence-electron chi connectivity index (χ2n) is 7.58. The van der Waals surface area contributed by atoms with Gasteiger partial charge in [-0.25, -0.2) is 0 Å². The fraction of sp³-hybridized carbons (Fsp3) is 0.400. The molecule has 0 fully saturated rings. The van der Waals surface area contributed by atoms with Gasteiger partial charge in [0.2, 0.25) is 0 Å². The van der Waals surface area contributed by atoms with Gasteiger partial charge < -0.3 is 19.4 Å². The molecule has 2 N–H and O–H groups in total. The topological polar surface area (TPSA) is 54.6 Å². The molecule has 0 amide bonds. The molecule has 25 heavy (non-hydrogen) atoms. The maximum Gasteiger partial charge on any atom is 0.491 e. The highest BCUT2D eigenvalue weighted by molar-refractivity contribution is 6.60. The second kappa shape index (κ2) is 6.17. The molecule has 3 rings (SSSR count). The lowest BCUT2D eigenvalue weighted by molar-refractivity contribution is -0.0982. The Morgan fingerprint density at radius 3 is 2.28 bits per heavy atom. The minimum absolute atomic E-state index is 0.684. The summed E-state index contributed by atoms with van der Waals surface area (Å²) in [6, 6.07) is 14.2. The lowest BCUT2D eigenvalue weighted by Gasteiger charge is -2.38. The van der Waals surface area contributed by atoms with Gasteiger partial charge in [-0.1, -0.05) is 30.3 Å². The second-order valence-corrected chi connectivity index (χ2v) is 7.58. The number of aliphatic hydroxyl groups is 1. The Morgan fingerprint density at radius 2 is 1.64 bits per heavy atom. The molecular formula is C20H26BNO3. The Hall–Kier alpha value is -1.82. The summed E-state index contributed by atoms with van der Waals surface area (Å²) in [5.41, 5.74) is 1.05. The zero-order valence-electron chi connectivity index (χ0n) is 15.6. The van der Waals surface area contributed by atoms with Gasteiger partial charge in [0.05, 0.1) is 11.2 Å². The summed E-state index contributed by atoms with van der Waals surface area (Å²) in [7, 11) is -1.10. The fourth-order valence-corrected chi connectivity index (χ4v) is 3.06. The minimum atomic E-state index is -1.10. The van der Waals surface area contributed by atoms with Crippen molar-refractivity contribution in [2.75, 3.05) is 0 Å². The molecular weight excluding hydrogens is 313 g/mol. The minimum Gasteiger partial charge on any atom is -0.423 e. The standard InChI is InChI=1S/C20H26BNO3/c1-6-22-17-10-8-7-9-15(17)16-13-14(11-12-18(16)22)21(24)25-20(4,5)19(2,3)23/h7-13,23-24H,6H2,1-5H3. The van der Waals surface area contributed by atoms with Crippen molar-refractivity contribution in [3.8, 4) is 0 Å². The van der Waals surface area contributed by atoms with Crippen LogP contribution in [0, 0.1) is 0 Å². The SMILES string of the molecule is CCn1c2ccccc2c2cc(B(O)OC(C)(C)C(C)(C)O)ccc21. The maximum absolute atomic E-state index is 10.6. The number of nitrogens with zero attached hydrogens (tertiary/aromatic N) is 1. The zero-order chi connectivity index (χ0) is 18.4. The molecule has 0 atom stereocenters. The third-order valence-corrected chi connectivity index (χ3v) is 5.28. The molecule has 1 aromatic heterocycles. The van der Waals surface area contributed by atoms with E-state index in [1.165, 1.54) is 5.52 Å². The Balaban J connectivity index is 2.06. The van der Waals surface area contributed by atoms with Crippen LogP contribution in [0.1, 0.15) is 34.6 Å². The van der Waals surface area contributed by atoms with Gasteiger partial charge >= 0.3 is 7.12 Å². The van der Waals surface area contributed by atoms with Crippen molar-refractivity contribution in [3.63, 3.8) is 0 Å². The van der Waals surface area contributed by atoms with E-state index in [0.29, 0.717) is 5.46 Å². The van der Waals surface area contributed by atoms with Crippen molar-refractivity contribution in [1.82, 2.24) is 4.57 Å². The van der Waals surface area contributed by atoms with E-state index >= 15 is 0 Å². The van der Waals surface area contributed by atoms with Crippen LogP contribution in [0.5, 0.6) is 0 Å². The first-order valence-electron chi connectivity index (χ1n) is 8.75. The van der Waals surface area contributed by atoms with E-state index in [-0.39, 0.29) is 0 Å². The third-order valence-electron chi connectivity index (χ3n) is 5.28. The van der Waals surface area contributed by atoms with E-state index in [0.717, 1.165) is 22.8 Å². The molecule has 2 aromatic carbocycles. The third kappa shape index (κ3) is 3.08. The average Bonchev–Trinajstić information content (AvgIpc) is 2.86. The van der Waals surface area contributed by atoms with E-state index in [2.05, 4.69) is 23.6 Å². The number of para-hydroxylation sites is 1. The summed E-state index contributed by atoms with van der Waals surface area (Å²) in [4.78, 5) is 0. The van der Waals surface area contributed by atoms with E-state index in [9.17, 15) is 10.1 Å². The first-order valence-corrected chi connectivity index (χ1v) is 8.75. The van der Waals surface area contributed by atoms with Crippen molar-refractivity contribution in [3.05, 3.63) is 42.5 Å². The van der Waals surface area contributed by atoms with Gasteiger partial charge in [-0.05, 0) is 52.2 Å². The molecule has 0 aliphatic rings. The molecule has 0 saturated heterocycles. The van der Waals surface area contributed by atoms with Crippen molar-refractivity contribution < 1.29 is 14.8 Å². The molecule has 0 unspecified atom stereocenters. The molecule has 0 radical (unpaired) electrons. The largest absolute Gasteiger partial charge is 0.491 e. The lowest BCUT2D eigenvalue weighted by atomic mass is 9.76. The quantitative estimate of drug-likeness (QED) is 0.703. The molecule has 0 aliphatic heterocycles. The Morgan fingerprint density at radius 1 is 1.00 bits per heavy atom. The number of benzene rings is 2. The summed E-state index contributed by atoms with van der Waals surface area (Å²) in [5.74, 6) is 0. The van der Waals surface area contributed by atoms with E-state index in [1.54, 1.807) is 27.7 Å². The van der Waals surface area contributed by atoms with Crippen LogP contribution in [0.25, 0.3) is 21.8 Å². The first-order chi connectivity index (χ1) is 11.7. The van der Waals surface area contributed by atoms with E-state index < -0.39 is 18.3 Å². The van der Waals surface area contributed by atoms with Crippen molar-refractivity contribution in [1.29, 1.82) is 0 Å². The number of fused-ring (bicyclic) bond motifs is 3. The van der Waals surface area contributed by atoms with Crippen molar-refractivity contribution in [2.45, 2.75) is 52.4 Å². The van der Waals surface area contributed by atoms with E-state index in [1.807, 2.05) is 30.3 Å². The molecule has 0 spiro atoms. The van der Waals surface area contributed by atoms with Crippen LogP contribution in [0.2, 0.25) is 0 Å². The van der Waals surface area contributed by atoms with Crippen LogP contribution in [0.4, 0.5) is 0 Å². The van der Waals surface area contributed by atoms with Gasteiger partial charge in [0.15, 0.2) is 0 Å². The van der Waals surface area contributed by atoms with E-state index in [4.69, 9.17) is 4.65 Å². The van der Waals surface area contributed by atoms with Gasteiger partial charge in [0.25, 0.3) is 0 Å². The van der Waals surface area contributed by atoms with Crippen LogP contribution >= 0.6 is 0 Å². The normalized spacial score (nSPS) is 12.9. The average molecular weight is 339 g/mol. The van der Waals surface area contributed by atoms with Crippen molar-refractivity contribution in [2.24, 2.45) is 0 Å². The van der Waals surface area contributed by atoms with Gasteiger partial charge in [-0.2, -0.15) is 0 Å². The predicted octanol–water partition coefficient (Wildman–Crippen LogP) is 3.07. The highest BCUT2D eigenvalue weighted by Crippen LogP contribution is 2.29. The molecule has 5 heteroatoms. The summed E-state index contributed by atoms with van der Waals surface area (Å²) < 4.78 is 8.05. The molecule has 132 valence electrons. The smallest absolute Gasteiger partial charge is 0.423 e. The maximum atomic E-state index is 10.6. The Kier molecular flexibility index (Phi) is 4.44. The Labute approximate surface area is 149 Å². The number of aryl methyl sites for hydroxylation is 1. The van der Waals surface area contributed by atoms with Gasteiger partial charge in [-0.15, -0.1) is 0 Å². The molecule has 0 aliphatic carbocycles. The zero-order valence-corrected chi connectivity index (χ0v) is 15.6. The molecule has 0 saturated carbocycles. The summed E-state index contributed by atoms with van der Waals surface area (Å²) in [5, 5.41) is 23.1.